The Morgan fingerprint density at radius 2 is 1.69 bits per heavy atom. The molecule has 288 valence electrons. The van der Waals surface area contributed by atoms with E-state index in [9.17, 15) is 24.6 Å². The summed E-state index contributed by atoms with van der Waals surface area (Å²) in [6, 6.07) is 0.124. The number of phenols is 1. The number of aromatic hydroxyl groups is 1. The number of benzene rings is 1. The maximum atomic E-state index is 14.4. The number of nitrogens with two attached hydrogens (primary N) is 1. The Hall–Kier alpha value is -5.41. The second-order valence-corrected chi connectivity index (χ2v) is 15.9. The van der Waals surface area contributed by atoms with Crippen molar-refractivity contribution < 1.29 is 29.1 Å². The number of carbonyl (C=O) groups excluding carboxylic acids is 2. The number of H-pyrrole nitrogens is 1. The molecule has 4 aromatic rings. The van der Waals surface area contributed by atoms with Gasteiger partial charge >= 0.3 is 6.09 Å². The normalized spacial score (nSPS) is 23.1. The molecule has 16 heteroatoms. The van der Waals surface area contributed by atoms with Crippen LogP contribution in [-0.2, 0) is 35.4 Å². The lowest BCUT2D eigenvalue weighted by atomic mass is 9.49. The fourth-order valence-corrected chi connectivity index (χ4v) is 9.80. The molecular weight excluding hydrogens is 692 g/mol. The van der Waals surface area contributed by atoms with Gasteiger partial charge in [0.15, 0.2) is 11.8 Å². The Labute approximate surface area is 313 Å². The number of carbonyl (C=O) groups is 3. The van der Waals surface area contributed by atoms with E-state index in [4.69, 9.17) is 15.2 Å². The molecule has 8 rings (SSSR count). The number of hydrogen-bond donors (Lipinski definition) is 7. The van der Waals surface area contributed by atoms with Crippen molar-refractivity contribution in [2.24, 2.45) is 23.2 Å². The second kappa shape index (κ2) is 15.5. The van der Waals surface area contributed by atoms with E-state index < -0.39 is 36.0 Å². The molecule has 3 amide bonds. The number of amides is 3. The Kier molecular flexibility index (Phi) is 10.6. The smallest absolute Gasteiger partial charge is 0.405 e. The third kappa shape index (κ3) is 8.52. The zero-order chi connectivity index (χ0) is 38.0. The van der Waals surface area contributed by atoms with E-state index in [1.54, 1.807) is 41.6 Å². The molecule has 0 saturated heterocycles. The SMILES string of the molecule is Cc1cc(O)cc(C)c1C[C@H](NC(=O)[C@@H](CCCn1ccnc1N)NC(=O)O)C(=O)N[C@@H](Cc1c[nH]cn1)c1nc(CC23CC4CC(CC(C4)C2)C3)no1. The first kappa shape index (κ1) is 36.9. The van der Waals surface area contributed by atoms with Gasteiger partial charge in [-0.05, 0) is 117 Å². The minimum absolute atomic E-state index is 0.0666. The summed E-state index contributed by atoms with van der Waals surface area (Å²) in [5.74, 6) is 2.42. The number of aromatic amines is 1. The summed E-state index contributed by atoms with van der Waals surface area (Å²) < 4.78 is 7.57. The lowest BCUT2D eigenvalue weighted by Crippen LogP contribution is -2.55. The predicted molar refractivity (Wildman–Crippen MR) is 196 cm³/mol. The highest BCUT2D eigenvalue weighted by atomic mass is 16.5. The van der Waals surface area contributed by atoms with Gasteiger partial charge in [-0.2, -0.15) is 4.98 Å². The van der Waals surface area contributed by atoms with Gasteiger partial charge in [-0.1, -0.05) is 5.16 Å². The highest BCUT2D eigenvalue weighted by Gasteiger charge is 2.51. The van der Waals surface area contributed by atoms with Crippen molar-refractivity contribution in [3.63, 3.8) is 0 Å². The highest BCUT2D eigenvalue weighted by Crippen LogP contribution is 2.60. The van der Waals surface area contributed by atoms with Gasteiger partial charge in [-0.3, -0.25) is 9.59 Å². The molecule has 4 aliphatic rings. The van der Waals surface area contributed by atoms with Crippen LogP contribution in [0.4, 0.5) is 10.7 Å². The van der Waals surface area contributed by atoms with Crippen molar-refractivity contribution in [2.75, 3.05) is 5.73 Å². The molecule has 0 unspecified atom stereocenters. The van der Waals surface area contributed by atoms with Crippen LogP contribution in [0.3, 0.4) is 0 Å². The molecule has 8 N–H and O–H groups in total. The number of imidazole rings is 2. The summed E-state index contributed by atoms with van der Waals surface area (Å²) in [6.07, 6.45) is 14.4. The average Bonchev–Trinajstić information content (AvgIpc) is 3.87. The van der Waals surface area contributed by atoms with Gasteiger partial charge in [0.05, 0.1) is 12.0 Å². The monoisotopic (exact) mass is 742 g/mol. The molecule has 1 aromatic carbocycles. The second-order valence-electron chi connectivity index (χ2n) is 15.9. The standard InChI is InChI=1S/C38H50N10O6/c1-21-8-27(49)9-22(2)28(21)14-30(43-33(50)29(45-37(52)53)4-3-6-48-7-5-41-36(48)39)34(51)44-31(13-26-19-40-20-42-26)35-46-32(47-54-35)18-38-15-23-10-24(16-38)12-25(11-23)17-38/h5,7-9,19-20,23-25,29-31,45,49H,3-4,6,10-18H2,1-2H3,(H2,39,41)(H,40,42)(H,43,50)(H,44,51)(H,52,53)/t23?,24?,25?,29-,30+,31+,38?/m1/s1. The molecule has 16 nitrogen and oxygen atoms in total. The lowest BCUT2D eigenvalue weighted by molar-refractivity contribution is -0.130. The number of carboxylic acid groups (broad SMARTS) is 1. The minimum atomic E-state index is -1.37. The van der Waals surface area contributed by atoms with Crippen LogP contribution in [-0.4, -0.2) is 69.9 Å². The number of nitrogens with zero attached hydrogens (tertiary/aromatic N) is 5. The first-order valence-electron chi connectivity index (χ1n) is 18.9. The maximum Gasteiger partial charge on any atom is 0.405 e. The molecule has 3 aromatic heterocycles. The Balaban J connectivity index is 1.11. The number of hydrogen-bond acceptors (Lipinski definition) is 10. The van der Waals surface area contributed by atoms with E-state index >= 15 is 0 Å². The van der Waals surface area contributed by atoms with Crippen LogP contribution < -0.4 is 21.7 Å². The zero-order valence-electron chi connectivity index (χ0n) is 30.8. The Morgan fingerprint density at radius 3 is 2.30 bits per heavy atom. The molecule has 3 heterocycles. The van der Waals surface area contributed by atoms with Crippen molar-refractivity contribution in [3.8, 4) is 5.75 Å². The summed E-state index contributed by atoms with van der Waals surface area (Å²) >= 11 is 0. The number of anilines is 1. The number of nitrogen functional groups attached to an aromatic ring is 1. The van der Waals surface area contributed by atoms with E-state index in [-0.39, 0.29) is 36.3 Å². The Morgan fingerprint density at radius 1 is 1.00 bits per heavy atom. The maximum absolute atomic E-state index is 14.4. The largest absolute Gasteiger partial charge is 0.508 e. The highest BCUT2D eigenvalue weighted by molar-refractivity contribution is 5.91. The van der Waals surface area contributed by atoms with Crippen LogP contribution in [0.5, 0.6) is 5.75 Å². The zero-order valence-corrected chi connectivity index (χ0v) is 30.8. The van der Waals surface area contributed by atoms with E-state index in [2.05, 4.69) is 36.1 Å². The lowest BCUT2D eigenvalue weighted by Gasteiger charge is -2.56. The Bertz CT molecular complexity index is 1900. The van der Waals surface area contributed by atoms with Gasteiger partial charge in [0, 0.05) is 44.4 Å². The van der Waals surface area contributed by atoms with Crippen LogP contribution in [0.1, 0.15) is 91.5 Å². The number of nitrogens with one attached hydrogen (secondary N) is 4. The van der Waals surface area contributed by atoms with E-state index in [0.29, 0.717) is 30.4 Å². The molecule has 4 bridgehead atoms. The fourth-order valence-electron chi connectivity index (χ4n) is 9.80. The number of aromatic nitrogens is 6. The average molecular weight is 743 g/mol. The minimum Gasteiger partial charge on any atom is -0.508 e. The molecule has 0 radical (unpaired) electrons. The summed E-state index contributed by atoms with van der Waals surface area (Å²) in [5, 5.41) is 32.4. The molecule has 4 fully saturated rings. The summed E-state index contributed by atoms with van der Waals surface area (Å²) in [6.45, 7) is 4.05. The molecule has 3 atom stereocenters. The third-order valence-electron chi connectivity index (χ3n) is 11.7. The number of phenolic OH excluding ortho intramolecular Hbond substituents is 1. The first-order chi connectivity index (χ1) is 25.9. The van der Waals surface area contributed by atoms with Gasteiger partial charge < -0.3 is 46.0 Å². The van der Waals surface area contributed by atoms with E-state index in [1.807, 2.05) is 13.8 Å². The molecular formula is C38H50N10O6. The summed E-state index contributed by atoms with van der Waals surface area (Å²) in [4.78, 5) is 56.2. The topological polar surface area (TPSA) is 239 Å². The first-order valence-corrected chi connectivity index (χ1v) is 18.9. The van der Waals surface area contributed by atoms with Gasteiger partial charge in [0.25, 0.3) is 0 Å². The van der Waals surface area contributed by atoms with Crippen LogP contribution in [0, 0.1) is 37.0 Å². The van der Waals surface area contributed by atoms with Crippen molar-refractivity contribution in [3.05, 3.63) is 71.1 Å². The number of rotatable bonds is 16. The molecule has 4 saturated carbocycles. The number of aryl methyl sites for hydroxylation is 3. The van der Waals surface area contributed by atoms with Crippen LogP contribution in [0.25, 0.3) is 0 Å². The van der Waals surface area contributed by atoms with Gasteiger partial charge in [0.1, 0.15) is 23.9 Å². The quantitative estimate of drug-likeness (QED) is 0.0869. The molecule has 4 aliphatic carbocycles. The van der Waals surface area contributed by atoms with Gasteiger partial charge in [-0.25, -0.2) is 14.8 Å². The summed E-state index contributed by atoms with van der Waals surface area (Å²) in [7, 11) is 0. The van der Waals surface area contributed by atoms with Crippen molar-refractivity contribution in [1.82, 2.24) is 45.6 Å². The fraction of sp³-hybridized carbons (Fsp3) is 0.553. The van der Waals surface area contributed by atoms with Crippen LogP contribution >= 0.6 is 0 Å². The molecule has 0 aliphatic heterocycles. The predicted octanol–water partition coefficient (Wildman–Crippen LogP) is 3.90. The van der Waals surface area contributed by atoms with Crippen molar-refractivity contribution in [1.29, 1.82) is 0 Å². The van der Waals surface area contributed by atoms with E-state index in [0.717, 1.165) is 40.9 Å². The van der Waals surface area contributed by atoms with Crippen molar-refractivity contribution in [2.45, 2.75) is 109 Å². The molecule has 54 heavy (non-hydrogen) atoms. The van der Waals surface area contributed by atoms with Gasteiger partial charge in [-0.15, -0.1) is 0 Å². The summed E-state index contributed by atoms with van der Waals surface area (Å²) in [5.41, 5.74) is 8.96. The van der Waals surface area contributed by atoms with Crippen LogP contribution in [0.2, 0.25) is 0 Å². The van der Waals surface area contributed by atoms with Crippen LogP contribution in [0.15, 0.2) is 41.6 Å². The van der Waals surface area contributed by atoms with Crippen molar-refractivity contribution >= 4 is 23.9 Å². The third-order valence-corrected chi connectivity index (χ3v) is 11.7. The van der Waals surface area contributed by atoms with E-state index in [1.165, 1.54) is 38.5 Å². The van der Waals surface area contributed by atoms with Gasteiger partial charge in [0.2, 0.25) is 17.7 Å². The molecule has 0 spiro atoms.